The lowest BCUT2D eigenvalue weighted by molar-refractivity contribution is 0.314. The molecule has 3 rings (SSSR count). The molecule has 70 valence electrons. The van der Waals surface area contributed by atoms with E-state index in [-0.39, 0.29) is 0 Å². The Balaban J connectivity index is 2.59. The third-order valence-corrected chi connectivity index (χ3v) is 2.61. The lowest BCUT2D eigenvalue weighted by Gasteiger charge is -1.97. The van der Waals surface area contributed by atoms with E-state index in [1.54, 1.807) is 7.11 Å². The number of methoxy groups -OCH3 is 1. The van der Waals surface area contributed by atoms with Crippen molar-refractivity contribution in [1.82, 2.24) is 19.9 Å². The van der Waals surface area contributed by atoms with E-state index in [2.05, 4.69) is 24.5 Å². The van der Waals surface area contributed by atoms with Crippen molar-refractivity contribution in [1.29, 1.82) is 0 Å². The predicted molar refractivity (Wildman–Crippen MR) is 49.3 cm³/mol. The van der Waals surface area contributed by atoms with Gasteiger partial charge in [0.25, 0.3) is 0 Å². The highest BCUT2D eigenvalue weighted by Crippen LogP contribution is 2.31. The lowest BCUT2D eigenvalue weighted by Crippen LogP contribution is -1.84. The first-order valence-electron chi connectivity index (χ1n) is 3.81. The van der Waals surface area contributed by atoms with Crippen molar-refractivity contribution in [3.63, 3.8) is 0 Å². The van der Waals surface area contributed by atoms with Crippen LogP contribution in [-0.2, 0) is 0 Å². The van der Waals surface area contributed by atoms with Crippen LogP contribution in [0.2, 0.25) is 0 Å². The third kappa shape index (κ3) is 0.841. The maximum absolute atomic E-state index is 5.15. The van der Waals surface area contributed by atoms with Gasteiger partial charge in [0.05, 0.1) is 11.8 Å². The largest absolute Gasteiger partial charge is 0.494 e. The van der Waals surface area contributed by atoms with Gasteiger partial charge in [0, 0.05) is 6.07 Å². The maximum Gasteiger partial charge on any atom is 0.179 e. The van der Waals surface area contributed by atoms with Gasteiger partial charge >= 0.3 is 0 Å². The van der Waals surface area contributed by atoms with E-state index >= 15 is 0 Å². The molecule has 0 saturated carbocycles. The minimum Gasteiger partial charge on any atom is -0.494 e. The fourth-order valence-corrected chi connectivity index (χ4v) is 1.90. The third-order valence-electron chi connectivity index (χ3n) is 1.94. The van der Waals surface area contributed by atoms with Crippen LogP contribution in [0.4, 0.5) is 0 Å². The van der Waals surface area contributed by atoms with E-state index in [4.69, 9.17) is 4.74 Å². The van der Waals surface area contributed by atoms with Gasteiger partial charge in [-0.15, -0.1) is 5.10 Å². The molecule has 0 spiro atoms. The molecule has 0 fully saturated rings. The second-order valence-electron chi connectivity index (χ2n) is 2.66. The Morgan fingerprint density at radius 3 is 3.00 bits per heavy atom. The zero-order valence-electron chi connectivity index (χ0n) is 7.09. The highest BCUT2D eigenvalue weighted by atomic mass is 32.1. The molecular weight excluding hydrogens is 204 g/mol. The van der Waals surface area contributed by atoms with Crippen molar-refractivity contribution >= 4 is 32.8 Å². The Kier molecular flexibility index (Phi) is 1.42. The summed E-state index contributed by atoms with van der Waals surface area (Å²) >= 11 is 1.28. The standard InChI is InChI=1S/C7H4N4O2S/c1-12-3-2-4-6(8-11-14-4)7-5(3)9-13-10-7/h2H,1H3. The van der Waals surface area contributed by atoms with E-state index in [9.17, 15) is 0 Å². The van der Waals surface area contributed by atoms with Gasteiger partial charge in [0.1, 0.15) is 5.52 Å². The van der Waals surface area contributed by atoms with Crippen LogP contribution in [-0.4, -0.2) is 27.0 Å². The molecule has 0 radical (unpaired) electrons. The van der Waals surface area contributed by atoms with Gasteiger partial charge in [-0.2, -0.15) is 0 Å². The summed E-state index contributed by atoms with van der Waals surface area (Å²) in [7, 11) is 1.57. The smallest absolute Gasteiger partial charge is 0.179 e. The Morgan fingerprint density at radius 1 is 1.29 bits per heavy atom. The maximum atomic E-state index is 5.15. The predicted octanol–water partition coefficient (Wildman–Crippen LogP) is 1.24. The quantitative estimate of drug-likeness (QED) is 0.598. The van der Waals surface area contributed by atoms with Gasteiger partial charge in [-0.1, -0.05) is 4.49 Å². The molecule has 0 aliphatic heterocycles. The Bertz CT molecular complexity index is 602. The molecule has 1 aromatic carbocycles. The molecule has 0 bridgehead atoms. The second kappa shape index (κ2) is 2.61. The highest BCUT2D eigenvalue weighted by molar-refractivity contribution is 7.13. The summed E-state index contributed by atoms with van der Waals surface area (Å²) in [6.07, 6.45) is 0. The van der Waals surface area contributed by atoms with Crippen molar-refractivity contribution in [2.45, 2.75) is 0 Å². The molecular formula is C7H4N4O2S. The van der Waals surface area contributed by atoms with Crippen LogP contribution >= 0.6 is 11.5 Å². The fraction of sp³-hybridized carbons (Fsp3) is 0.143. The van der Waals surface area contributed by atoms with Crippen LogP contribution in [0.3, 0.4) is 0 Å². The monoisotopic (exact) mass is 208 g/mol. The summed E-state index contributed by atoms with van der Waals surface area (Å²) in [5, 5.41) is 11.5. The van der Waals surface area contributed by atoms with Gasteiger partial charge in [-0.05, 0) is 21.8 Å². The molecule has 0 aliphatic carbocycles. The van der Waals surface area contributed by atoms with Crippen molar-refractivity contribution in [3.8, 4) is 5.75 Å². The molecule has 0 aliphatic rings. The average molecular weight is 208 g/mol. The highest BCUT2D eigenvalue weighted by Gasteiger charge is 2.14. The van der Waals surface area contributed by atoms with Crippen LogP contribution < -0.4 is 4.74 Å². The molecule has 0 amide bonds. The topological polar surface area (TPSA) is 73.9 Å². The Labute approximate surface area is 81.6 Å². The van der Waals surface area contributed by atoms with Crippen LogP contribution in [0.5, 0.6) is 5.75 Å². The van der Waals surface area contributed by atoms with Crippen LogP contribution in [0.25, 0.3) is 21.3 Å². The number of aromatic nitrogens is 4. The summed E-state index contributed by atoms with van der Waals surface area (Å²) in [6.45, 7) is 0. The van der Waals surface area contributed by atoms with Gasteiger partial charge in [0.15, 0.2) is 16.8 Å². The summed E-state index contributed by atoms with van der Waals surface area (Å²) in [4.78, 5) is 0. The summed E-state index contributed by atoms with van der Waals surface area (Å²) < 4.78 is 14.5. The number of ether oxygens (including phenoxy) is 1. The number of hydrogen-bond acceptors (Lipinski definition) is 7. The van der Waals surface area contributed by atoms with Crippen LogP contribution in [0.15, 0.2) is 10.7 Å². The number of benzene rings is 1. The van der Waals surface area contributed by atoms with Gasteiger partial charge in [-0.25, -0.2) is 4.63 Å². The number of fused-ring (bicyclic) bond motifs is 3. The Hall–Kier alpha value is -1.76. The summed E-state index contributed by atoms with van der Waals surface area (Å²) in [5.41, 5.74) is 1.87. The van der Waals surface area contributed by atoms with Crippen LogP contribution in [0, 0.1) is 0 Å². The molecule has 2 heterocycles. The van der Waals surface area contributed by atoms with Gasteiger partial charge in [0.2, 0.25) is 0 Å². The first-order chi connectivity index (χ1) is 6.90. The normalized spacial score (nSPS) is 11.2. The molecule has 0 saturated heterocycles. The van der Waals surface area contributed by atoms with Crippen LogP contribution in [0.1, 0.15) is 0 Å². The Morgan fingerprint density at radius 2 is 2.14 bits per heavy atom. The fourth-order valence-electron chi connectivity index (χ4n) is 1.31. The van der Waals surface area contributed by atoms with E-state index in [1.807, 2.05) is 6.07 Å². The molecule has 0 unspecified atom stereocenters. The zero-order valence-corrected chi connectivity index (χ0v) is 7.91. The SMILES string of the molecule is COc1cc2snnc2c2nonc12. The zero-order chi connectivity index (χ0) is 9.54. The minimum atomic E-state index is 0.577. The van der Waals surface area contributed by atoms with Crippen molar-refractivity contribution in [2.75, 3.05) is 7.11 Å². The number of nitrogens with zero attached hydrogens (tertiary/aromatic N) is 4. The molecule has 14 heavy (non-hydrogen) atoms. The average Bonchev–Trinajstić information content (AvgIpc) is 2.83. The van der Waals surface area contributed by atoms with Crippen molar-refractivity contribution < 1.29 is 9.37 Å². The van der Waals surface area contributed by atoms with E-state index < -0.39 is 0 Å². The molecule has 3 aromatic rings. The molecule has 0 atom stereocenters. The van der Waals surface area contributed by atoms with Crippen molar-refractivity contribution in [3.05, 3.63) is 6.07 Å². The molecule has 6 nitrogen and oxygen atoms in total. The van der Waals surface area contributed by atoms with Crippen molar-refractivity contribution in [2.24, 2.45) is 0 Å². The summed E-state index contributed by atoms with van der Waals surface area (Å²) in [6, 6.07) is 1.83. The summed E-state index contributed by atoms with van der Waals surface area (Å²) in [5.74, 6) is 0.625. The van der Waals surface area contributed by atoms with Gasteiger partial charge < -0.3 is 4.74 Å². The minimum absolute atomic E-state index is 0.577. The van der Waals surface area contributed by atoms with E-state index in [0.717, 1.165) is 4.70 Å². The number of rotatable bonds is 1. The lowest BCUT2D eigenvalue weighted by atomic mass is 10.2. The molecule has 2 aromatic heterocycles. The number of hydrogen-bond donors (Lipinski definition) is 0. The first-order valence-corrected chi connectivity index (χ1v) is 4.59. The molecule has 7 heteroatoms. The molecule has 0 N–H and O–H groups in total. The van der Waals surface area contributed by atoms with E-state index in [1.165, 1.54) is 11.5 Å². The van der Waals surface area contributed by atoms with E-state index in [0.29, 0.717) is 22.3 Å². The first kappa shape index (κ1) is 7.63. The van der Waals surface area contributed by atoms with Gasteiger partial charge in [-0.3, -0.25) is 0 Å². The second-order valence-corrected chi connectivity index (χ2v) is 3.45.